The maximum Gasteiger partial charge on any atom is 0.158 e. The van der Waals surface area contributed by atoms with Gasteiger partial charge in [-0.2, -0.15) is 0 Å². The maximum absolute atomic E-state index is 11.2. The van der Waals surface area contributed by atoms with E-state index in [2.05, 4.69) is 37.8 Å². The van der Waals surface area contributed by atoms with Crippen LogP contribution in [0.15, 0.2) is 37.0 Å². The number of carbonyl (C=O) groups excluding carboxylic acids is 1. The Balaban J connectivity index is 2.10. The van der Waals surface area contributed by atoms with Crippen molar-refractivity contribution in [3.63, 3.8) is 0 Å². The van der Waals surface area contributed by atoms with E-state index in [9.17, 15) is 4.79 Å². The largest absolute Gasteiger partial charge is 0.295 e. The number of carbonyl (C=O) groups is 1. The molecule has 2 unspecified atom stereocenters. The zero-order chi connectivity index (χ0) is 11.8. The third kappa shape index (κ3) is 4.61. The quantitative estimate of drug-likeness (QED) is 0.341. The van der Waals surface area contributed by atoms with Crippen molar-refractivity contribution in [1.82, 2.24) is 0 Å². The van der Waals surface area contributed by atoms with E-state index >= 15 is 0 Å². The molecule has 0 bridgehead atoms. The summed E-state index contributed by atoms with van der Waals surface area (Å²) in [5.74, 6) is 0.884. The molecule has 0 amide bonds. The first-order chi connectivity index (χ1) is 7.79. The lowest BCUT2D eigenvalue weighted by molar-refractivity contribution is -0.115. The standard InChI is InChI=1S/C15H22O/c1-3-5-6-7-8-9-10-11-13-12-14(13)15(16)4-2/h4,8-11,13-14H,2-3,5-7,12H2,1H3. The Morgan fingerprint density at radius 3 is 2.88 bits per heavy atom. The van der Waals surface area contributed by atoms with Gasteiger partial charge in [0.2, 0.25) is 0 Å². The van der Waals surface area contributed by atoms with Crippen LogP contribution in [-0.4, -0.2) is 5.78 Å². The second-order valence-corrected chi connectivity index (χ2v) is 4.42. The van der Waals surface area contributed by atoms with Gasteiger partial charge in [-0.1, -0.05) is 50.6 Å². The lowest BCUT2D eigenvalue weighted by atomic mass is 10.2. The molecular formula is C15H22O. The number of allylic oxidation sites excluding steroid dienone is 5. The first kappa shape index (κ1) is 13.0. The highest BCUT2D eigenvalue weighted by Crippen LogP contribution is 2.40. The molecule has 0 aromatic carbocycles. The van der Waals surface area contributed by atoms with E-state index < -0.39 is 0 Å². The van der Waals surface area contributed by atoms with Crippen LogP contribution in [0.1, 0.15) is 39.0 Å². The molecule has 0 saturated heterocycles. The van der Waals surface area contributed by atoms with E-state index in [1.54, 1.807) is 0 Å². The highest BCUT2D eigenvalue weighted by molar-refractivity contribution is 5.93. The molecule has 1 fully saturated rings. The van der Waals surface area contributed by atoms with Crippen molar-refractivity contribution in [2.75, 3.05) is 0 Å². The average Bonchev–Trinajstić information content (AvgIpc) is 3.06. The van der Waals surface area contributed by atoms with Crippen molar-refractivity contribution in [2.24, 2.45) is 11.8 Å². The molecule has 0 heterocycles. The van der Waals surface area contributed by atoms with Gasteiger partial charge in [-0.05, 0) is 31.3 Å². The fourth-order valence-corrected chi connectivity index (χ4v) is 1.80. The van der Waals surface area contributed by atoms with Gasteiger partial charge in [0.1, 0.15) is 0 Å². The number of ketones is 1. The minimum Gasteiger partial charge on any atom is -0.295 e. The second-order valence-electron chi connectivity index (χ2n) is 4.42. The van der Waals surface area contributed by atoms with E-state index in [0.29, 0.717) is 5.92 Å². The summed E-state index contributed by atoms with van der Waals surface area (Å²) >= 11 is 0. The Morgan fingerprint density at radius 2 is 2.19 bits per heavy atom. The molecule has 0 N–H and O–H groups in total. The van der Waals surface area contributed by atoms with Gasteiger partial charge in [0.05, 0.1) is 0 Å². The first-order valence-corrected chi connectivity index (χ1v) is 6.29. The molecule has 1 aliphatic carbocycles. The summed E-state index contributed by atoms with van der Waals surface area (Å²) < 4.78 is 0. The Bertz CT molecular complexity index is 286. The fraction of sp³-hybridized carbons (Fsp3) is 0.533. The molecular weight excluding hydrogens is 196 g/mol. The monoisotopic (exact) mass is 218 g/mol. The second kappa shape index (κ2) is 7.21. The van der Waals surface area contributed by atoms with Gasteiger partial charge in [-0.25, -0.2) is 0 Å². The highest BCUT2D eigenvalue weighted by atomic mass is 16.1. The third-order valence-electron chi connectivity index (χ3n) is 2.99. The summed E-state index contributed by atoms with van der Waals surface area (Å²) in [4.78, 5) is 11.2. The molecule has 0 aromatic heterocycles. The lowest BCUT2D eigenvalue weighted by Crippen LogP contribution is -1.95. The molecule has 1 nitrogen and oxygen atoms in total. The third-order valence-corrected chi connectivity index (χ3v) is 2.99. The van der Waals surface area contributed by atoms with Gasteiger partial charge in [0.15, 0.2) is 5.78 Å². The van der Waals surface area contributed by atoms with Crippen molar-refractivity contribution >= 4 is 5.78 Å². The van der Waals surface area contributed by atoms with Crippen LogP contribution in [0.5, 0.6) is 0 Å². The predicted molar refractivity (Wildman–Crippen MR) is 69.2 cm³/mol. The van der Waals surface area contributed by atoms with Gasteiger partial charge >= 0.3 is 0 Å². The lowest BCUT2D eigenvalue weighted by Gasteiger charge is -1.90. The van der Waals surface area contributed by atoms with Crippen molar-refractivity contribution < 1.29 is 4.79 Å². The summed E-state index contributed by atoms with van der Waals surface area (Å²) in [5.41, 5.74) is 0. The zero-order valence-corrected chi connectivity index (χ0v) is 10.2. The molecule has 1 heteroatoms. The van der Waals surface area contributed by atoms with Crippen molar-refractivity contribution in [2.45, 2.75) is 39.0 Å². The number of rotatable bonds is 8. The van der Waals surface area contributed by atoms with Crippen molar-refractivity contribution in [3.8, 4) is 0 Å². The molecule has 1 saturated carbocycles. The normalized spacial score (nSPS) is 24.1. The van der Waals surface area contributed by atoms with Crippen LogP contribution in [0.4, 0.5) is 0 Å². The van der Waals surface area contributed by atoms with Crippen LogP contribution in [0, 0.1) is 11.8 Å². The molecule has 0 aliphatic heterocycles. The van der Waals surface area contributed by atoms with E-state index in [1.807, 2.05) is 0 Å². The van der Waals surface area contributed by atoms with E-state index in [0.717, 1.165) is 12.8 Å². The minimum absolute atomic E-state index is 0.196. The van der Waals surface area contributed by atoms with Crippen molar-refractivity contribution in [1.29, 1.82) is 0 Å². The molecule has 0 aromatic rings. The molecule has 1 aliphatic rings. The van der Waals surface area contributed by atoms with Crippen LogP contribution in [0.3, 0.4) is 0 Å². The smallest absolute Gasteiger partial charge is 0.158 e. The van der Waals surface area contributed by atoms with Crippen LogP contribution in [-0.2, 0) is 4.79 Å². The van der Waals surface area contributed by atoms with Gasteiger partial charge < -0.3 is 0 Å². The van der Waals surface area contributed by atoms with Gasteiger partial charge in [0, 0.05) is 5.92 Å². The Hall–Kier alpha value is -1.11. The Morgan fingerprint density at radius 1 is 1.38 bits per heavy atom. The number of hydrogen-bond acceptors (Lipinski definition) is 1. The Kier molecular flexibility index (Phi) is 5.84. The maximum atomic E-state index is 11.2. The van der Waals surface area contributed by atoms with E-state index in [-0.39, 0.29) is 11.7 Å². The molecule has 0 radical (unpaired) electrons. The van der Waals surface area contributed by atoms with Gasteiger partial charge in [0.25, 0.3) is 0 Å². The van der Waals surface area contributed by atoms with Crippen LogP contribution in [0.25, 0.3) is 0 Å². The SMILES string of the molecule is C=CC(=O)C1CC1C=CC=CCCCCC. The van der Waals surface area contributed by atoms with Crippen LogP contribution < -0.4 is 0 Å². The van der Waals surface area contributed by atoms with Crippen LogP contribution >= 0.6 is 0 Å². The fourth-order valence-electron chi connectivity index (χ4n) is 1.80. The first-order valence-electron chi connectivity index (χ1n) is 6.29. The van der Waals surface area contributed by atoms with Gasteiger partial charge in [-0.15, -0.1) is 0 Å². The summed E-state index contributed by atoms with van der Waals surface area (Å²) in [6.45, 7) is 5.72. The summed E-state index contributed by atoms with van der Waals surface area (Å²) in [6.07, 6.45) is 16.0. The van der Waals surface area contributed by atoms with E-state index in [4.69, 9.17) is 0 Å². The minimum atomic E-state index is 0.196. The predicted octanol–water partition coefficient (Wildman–Crippen LogP) is 4.07. The number of unbranched alkanes of at least 4 members (excludes halogenated alkanes) is 3. The average molecular weight is 218 g/mol. The zero-order valence-electron chi connectivity index (χ0n) is 10.2. The van der Waals surface area contributed by atoms with Crippen molar-refractivity contribution in [3.05, 3.63) is 37.0 Å². The topological polar surface area (TPSA) is 17.1 Å². The number of hydrogen-bond donors (Lipinski definition) is 0. The van der Waals surface area contributed by atoms with Gasteiger partial charge in [-0.3, -0.25) is 4.79 Å². The summed E-state index contributed by atoms with van der Waals surface area (Å²) in [5, 5.41) is 0. The van der Waals surface area contributed by atoms with E-state index in [1.165, 1.54) is 25.3 Å². The van der Waals surface area contributed by atoms with Crippen LogP contribution in [0.2, 0.25) is 0 Å². The molecule has 2 atom stereocenters. The molecule has 16 heavy (non-hydrogen) atoms. The highest BCUT2D eigenvalue weighted by Gasteiger charge is 2.38. The summed E-state index contributed by atoms with van der Waals surface area (Å²) in [7, 11) is 0. The molecule has 1 rings (SSSR count). The summed E-state index contributed by atoms with van der Waals surface area (Å²) in [6, 6.07) is 0. The molecule has 88 valence electrons. The Labute approximate surface area is 98.9 Å². The molecule has 0 spiro atoms.